The molecule has 3 nitrogen and oxygen atoms in total. The molecule has 1 aliphatic rings. The average Bonchev–Trinajstić information content (AvgIpc) is 2.99. The Hall–Kier alpha value is -0.800. The maximum Gasteiger partial charge on any atom is 0.122 e. The van der Waals surface area contributed by atoms with Crippen molar-refractivity contribution in [3.05, 3.63) is 23.7 Å². The number of hydrogen-bond acceptors (Lipinski definition) is 3. The minimum atomic E-state index is 0.270. The zero-order valence-electron chi connectivity index (χ0n) is 11.0. The van der Waals surface area contributed by atoms with Gasteiger partial charge in [-0.1, -0.05) is 20.3 Å². The van der Waals surface area contributed by atoms with Crippen LogP contribution in [0.5, 0.6) is 0 Å². The molecule has 0 saturated carbocycles. The van der Waals surface area contributed by atoms with Crippen LogP contribution in [0.2, 0.25) is 0 Å². The van der Waals surface area contributed by atoms with Gasteiger partial charge in [-0.2, -0.15) is 0 Å². The quantitative estimate of drug-likeness (QED) is 0.854. The Kier molecular flexibility index (Phi) is 4.24. The molecule has 1 saturated heterocycles. The summed E-state index contributed by atoms with van der Waals surface area (Å²) in [4.78, 5) is 2.48. The summed E-state index contributed by atoms with van der Waals surface area (Å²) in [5.41, 5.74) is 5.92. The van der Waals surface area contributed by atoms with E-state index in [9.17, 15) is 0 Å². The molecule has 2 atom stereocenters. The van der Waals surface area contributed by atoms with Gasteiger partial charge in [-0.15, -0.1) is 0 Å². The Labute approximate surface area is 104 Å². The van der Waals surface area contributed by atoms with E-state index in [4.69, 9.17) is 10.2 Å². The standard InChI is InChI=1S/C14H24N2O/c1-3-11-7-8-16(10-11)13(9-15)14-6-5-12(4-2)17-14/h5-6,11,13H,3-4,7-10,15H2,1-2H3. The lowest BCUT2D eigenvalue weighted by molar-refractivity contribution is 0.210. The Morgan fingerprint density at radius 3 is 2.82 bits per heavy atom. The molecule has 1 fully saturated rings. The van der Waals surface area contributed by atoms with Crippen LogP contribution in [0.25, 0.3) is 0 Å². The van der Waals surface area contributed by atoms with Crippen molar-refractivity contribution in [1.29, 1.82) is 0 Å². The van der Waals surface area contributed by atoms with Gasteiger partial charge < -0.3 is 10.2 Å². The second-order valence-corrected chi connectivity index (χ2v) is 4.97. The topological polar surface area (TPSA) is 42.4 Å². The Morgan fingerprint density at radius 1 is 1.47 bits per heavy atom. The van der Waals surface area contributed by atoms with Gasteiger partial charge in [0.2, 0.25) is 0 Å². The molecule has 2 N–H and O–H groups in total. The maximum absolute atomic E-state index is 5.92. The summed E-state index contributed by atoms with van der Waals surface area (Å²) < 4.78 is 5.85. The first-order valence-electron chi connectivity index (χ1n) is 6.81. The molecule has 96 valence electrons. The summed E-state index contributed by atoms with van der Waals surface area (Å²) in [5, 5.41) is 0. The van der Waals surface area contributed by atoms with Crippen molar-refractivity contribution < 1.29 is 4.42 Å². The highest BCUT2D eigenvalue weighted by Gasteiger charge is 2.29. The first-order chi connectivity index (χ1) is 8.28. The van der Waals surface area contributed by atoms with E-state index in [1.807, 2.05) is 0 Å². The number of nitrogens with zero attached hydrogens (tertiary/aromatic N) is 1. The monoisotopic (exact) mass is 236 g/mol. The van der Waals surface area contributed by atoms with E-state index < -0.39 is 0 Å². The minimum Gasteiger partial charge on any atom is -0.464 e. The van der Waals surface area contributed by atoms with Crippen LogP contribution in [0, 0.1) is 5.92 Å². The molecule has 0 aromatic carbocycles. The molecule has 0 radical (unpaired) electrons. The van der Waals surface area contributed by atoms with Crippen LogP contribution in [0.15, 0.2) is 16.5 Å². The van der Waals surface area contributed by atoms with Gasteiger partial charge in [0, 0.05) is 19.5 Å². The van der Waals surface area contributed by atoms with E-state index in [1.165, 1.54) is 19.4 Å². The third-order valence-electron chi connectivity index (χ3n) is 3.92. The molecule has 0 aliphatic carbocycles. The minimum absolute atomic E-state index is 0.270. The summed E-state index contributed by atoms with van der Waals surface area (Å²) in [6, 6.07) is 4.44. The lowest BCUT2D eigenvalue weighted by Crippen LogP contribution is -2.31. The number of hydrogen-bond donors (Lipinski definition) is 1. The third kappa shape index (κ3) is 2.72. The zero-order valence-corrected chi connectivity index (χ0v) is 11.0. The summed E-state index contributed by atoms with van der Waals surface area (Å²) in [7, 11) is 0. The summed E-state index contributed by atoms with van der Waals surface area (Å²) in [6.45, 7) is 7.35. The van der Waals surface area contributed by atoms with Gasteiger partial charge in [0.25, 0.3) is 0 Å². The van der Waals surface area contributed by atoms with Crippen LogP contribution in [0.3, 0.4) is 0 Å². The van der Waals surface area contributed by atoms with E-state index in [2.05, 4.69) is 30.9 Å². The van der Waals surface area contributed by atoms with Crippen LogP contribution >= 0.6 is 0 Å². The maximum atomic E-state index is 5.92. The number of nitrogens with two attached hydrogens (primary N) is 1. The molecule has 1 aromatic rings. The molecule has 17 heavy (non-hydrogen) atoms. The van der Waals surface area contributed by atoms with Gasteiger partial charge >= 0.3 is 0 Å². The fraction of sp³-hybridized carbons (Fsp3) is 0.714. The van der Waals surface area contributed by atoms with Gasteiger partial charge in [0.15, 0.2) is 0 Å². The Bertz CT molecular complexity index is 348. The lowest BCUT2D eigenvalue weighted by atomic mass is 10.1. The molecule has 0 spiro atoms. The van der Waals surface area contributed by atoms with Crippen molar-refractivity contribution in [3.8, 4) is 0 Å². The second-order valence-electron chi connectivity index (χ2n) is 4.97. The van der Waals surface area contributed by atoms with E-state index in [1.54, 1.807) is 0 Å². The number of aryl methyl sites for hydroxylation is 1. The van der Waals surface area contributed by atoms with Gasteiger partial charge in [-0.3, -0.25) is 4.90 Å². The van der Waals surface area contributed by atoms with Crippen molar-refractivity contribution >= 4 is 0 Å². The number of furan rings is 1. The first kappa shape index (κ1) is 12.7. The highest BCUT2D eigenvalue weighted by Crippen LogP contribution is 2.29. The van der Waals surface area contributed by atoms with Crippen LogP contribution < -0.4 is 5.73 Å². The largest absolute Gasteiger partial charge is 0.464 e. The highest BCUT2D eigenvalue weighted by molar-refractivity contribution is 5.12. The smallest absolute Gasteiger partial charge is 0.122 e. The Morgan fingerprint density at radius 2 is 2.29 bits per heavy atom. The number of rotatable bonds is 5. The van der Waals surface area contributed by atoms with Crippen LogP contribution in [0.1, 0.15) is 44.3 Å². The van der Waals surface area contributed by atoms with E-state index in [-0.39, 0.29) is 6.04 Å². The lowest BCUT2D eigenvalue weighted by Gasteiger charge is -2.24. The molecular weight excluding hydrogens is 212 g/mol. The van der Waals surface area contributed by atoms with Crippen molar-refractivity contribution in [2.75, 3.05) is 19.6 Å². The zero-order chi connectivity index (χ0) is 12.3. The second kappa shape index (κ2) is 5.69. The van der Waals surface area contributed by atoms with E-state index in [0.717, 1.165) is 30.4 Å². The molecule has 0 bridgehead atoms. The average molecular weight is 236 g/mol. The van der Waals surface area contributed by atoms with E-state index >= 15 is 0 Å². The summed E-state index contributed by atoms with van der Waals surface area (Å²) in [5.74, 6) is 2.94. The molecule has 0 amide bonds. The molecule has 3 heteroatoms. The van der Waals surface area contributed by atoms with Gasteiger partial charge in [0.1, 0.15) is 11.5 Å². The predicted molar refractivity (Wildman–Crippen MR) is 69.9 cm³/mol. The highest BCUT2D eigenvalue weighted by atomic mass is 16.3. The molecule has 2 rings (SSSR count). The Balaban J connectivity index is 2.06. The molecule has 2 heterocycles. The molecule has 2 unspecified atom stereocenters. The van der Waals surface area contributed by atoms with E-state index in [0.29, 0.717) is 6.54 Å². The van der Waals surface area contributed by atoms with Gasteiger partial charge in [-0.25, -0.2) is 0 Å². The van der Waals surface area contributed by atoms with Crippen LogP contribution in [0.4, 0.5) is 0 Å². The molecule has 1 aliphatic heterocycles. The molecular formula is C14H24N2O. The van der Waals surface area contributed by atoms with Crippen LogP contribution in [-0.2, 0) is 6.42 Å². The predicted octanol–water partition coefficient (Wildman–Crippen LogP) is 2.57. The summed E-state index contributed by atoms with van der Waals surface area (Å²) >= 11 is 0. The fourth-order valence-corrected chi connectivity index (χ4v) is 2.69. The fourth-order valence-electron chi connectivity index (χ4n) is 2.69. The number of likely N-dealkylation sites (tertiary alicyclic amines) is 1. The van der Waals surface area contributed by atoms with Crippen molar-refractivity contribution in [1.82, 2.24) is 4.90 Å². The first-order valence-corrected chi connectivity index (χ1v) is 6.81. The van der Waals surface area contributed by atoms with Gasteiger partial charge in [0.05, 0.1) is 6.04 Å². The normalized spacial score (nSPS) is 23.1. The van der Waals surface area contributed by atoms with Crippen molar-refractivity contribution in [2.45, 2.75) is 39.2 Å². The van der Waals surface area contributed by atoms with Crippen molar-refractivity contribution in [3.63, 3.8) is 0 Å². The van der Waals surface area contributed by atoms with Crippen LogP contribution in [-0.4, -0.2) is 24.5 Å². The molecule has 1 aromatic heterocycles. The SMILES string of the molecule is CCc1ccc(C(CN)N2CCC(CC)C2)o1. The van der Waals surface area contributed by atoms with Gasteiger partial charge in [-0.05, 0) is 31.0 Å². The summed E-state index contributed by atoms with van der Waals surface area (Å²) in [6.07, 6.45) is 3.52. The van der Waals surface area contributed by atoms with Crippen molar-refractivity contribution in [2.24, 2.45) is 11.7 Å². The third-order valence-corrected chi connectivity index (χ3v) is 3.92.